The molecule has 0 aliphatic rings. The molecule has 0 atom stereocenters. The number of sulfonamides is 1. The second kappa shape index (κ2) is 9.12. The first kappa shape index (κ1) is 23.9. The van der Waals surface area contributed by atoms with Crippen molar-refractivity contribution >= 4 is 32.0 Å². The maximum Gasteiger partial charge on any atom is 0.209 e. The highest BCUT2D eigenvalue weighted by atomic mass is 32.2. The van der Waals surface area contributed by atoms with Crippen molar-refractivity contribution in [1.29, 1.82) is 0 Å². The predicted molar refractivity (Wildman–Crippen MR) is 144 cm³/mol. The normalized spacial score (nSPS) is 12.0. The van der Waals surface area contributed by atoms with Crippen molar-refractivity contribution in [3.63, 3.8) is 0 Å². The molecule has 0 saturated carbocycles. The first-order valence-electron chi connectivity index (χ1n) is 11.7. The number of pyridine rings is 3. The van der Waals surface area contributed by atoms with E-state index in [4.69, 9.17) is 0 Å². The highest BCUT2D eigenvalue weighted by Gasteiger charge is 2.16. The molecule has 9 nitrogen and oxygen atoms in total. The van der Waals surface area contributed by atoms with Gasteiger partial charge in [-0.1, -0.05) is 0 Å². The number of nitrogens with zero attached hydrogens (tertiary/aromatic N) is 4. The van der Waals surface area contributed by atoms with Crippen LogP contribution < -0.4 is 4.72 Å². The van der Waals surface area contributed by atoms with Crippen LogP contribution in [-0.2, 0) is 16.6 Å². The molecule has 38 heavy (non-hydrogen) atoms. The van der Waals surface area contributed by atoms with Crippen LogP contribution >= 0.6 is 0 Å². The number of rotatable bonds is 6. The molecule has 0 unspecified atom stereocenters. The van der Waals surface area contributed by atoms with E-state index in [-0.39, 0.29) is 6.54 Å². The number of halogens is 1. The monoisotopic (exact) mass is 527 g/mol. The van der Waals surface area contributed by atoms with Crippen molar-refractivity contribution in [2.75, 3.05) is 6.26 Å². The van der Waals surface area contributed by atoms with Crippen molar-refractivity contribution < 1.29 is 12.8 Å². The van der Waals surface area contributed by atoms with E-state index in [9.17, 15) is 12.8 Å². The maximum absolute atomic E-state index is 14.5. The number of fused-ring (bicyclic) bond motifs is 2. The minimum absolute atomic E-state index is 0.0166. The third-order valence-corrected chi connectivity index (χ3v) is 7.05. The molecule has 5 heterocycles. The van der Waals surface area contributed by atoms with Gasteiger partial charge in [0.1, 0.15) is 5.82 Å². The Bertz CT molecular complexity index is 1950. The van der Waals surface area contributed by atoms with Gasteiger partial charge in [-0.25, -0.2) is 22.5 Å². The lowest BCUT2D eigenvalue weighted by molar-refractivity contribution is 0.586. The zero-order valence-corrected chi connectivity index (χ0v) is 21.3. The van der Waals surface area contributed by atoms with Crippen LogP contribution in [0.2, 0.25) is 0 Å². The van der Waals surface area contributed by atoms with Gasteiger partial charge in [-0.3, -0.25) is 15.1 Å². The minimum atomic E-state index is -3.42. The molecule has 0 bridgehead atoms. The highest BCUT2D eigenvalue weighted by Crippen LogP contribution is 2.35. The standard InChI is InChI=1S/C27H22FN7O2S/c1-15-3-4-29-12-22(15)18-8-21-26(34-35-27(21)31-11-18)24-9-20-23(13-30-14-25(20)33-24)17-5-16(6-19(28)7-17)10-32-38(2,36)37/h3-9,11-14,32-33H,10H2,1-2H3,(H,31,34,35). The maximum atomic E-state index is 14.5. The fourth-order valence-corrected chi connectivity index (χ4v) is 4.99. The molecule has 6 rings (SSSR count). The van der Waals surface area contributed by atoms with Crippen LogP contribution in [0.25, 0.3) is 55.6 Å². The van der Waals surface area contributed by atoms with Gasteiger partial charge in [-0.2, -0.15) is 5.10 Å². The molecule has 1 aromatic carbocycles. The van der Waals surface area contributed by atoms with Gasteiger partial charge in [0.2, 0.25) is 10.0 Å². The molecule has 6 aromatic rings. The number of nitrogens with one attached hydrogen (secondary N) is 3. The average Bonchev–Trinajstić information content (AvgIpc) is 3.50. The summed E-state index contributed by atoms with van der Waals surface area (Å²) in [5.41, 5.74) is 7.68. The van der Waals surface area contributed by atoms with Crippen LogP contribution in [0.1, 0.15) is 11.1 Å². The number of H-pyrrole nitrogens is 2. The molecule has 0 aliphatic heterocycles. The van der Waals surface area contributed by atoms with Gasteiger partial charge in [0.05, 0.1) is 29.4 Å². The molecule has 0 saturated heterocycles. The number of aryl methyl sites for hydroxylation is 1. The Balaban J connectivity index is 1.44. The molecule has 0 aliphatic carbocycles. The summed E-state index contributed by atoms with van der Waals surface area (Å²) >= 11 is 0. The molecule has 3 N–H and O–H groups in total. The Kier molecular flexibility index (Phi) is 5.73. The highest BCUT2D eigenvalue weighted by molar-refractivity contribution is 7.88. The summed E-state index contributed by atoms with van der Waals surface area (Å²) in [4.78, 5) is 16.5. The topological polar surface area (TPSA) is 129 Å². The van der Waals surface area contributed by atoms with Crippen LogP contribution in [-0.4, -0.2) is 44.8 Å². The SMILES string of the molecule is Cc1ccncc1-c1cnc2n[nH]c(-c3cc4c(-c5cc(F)cc(CNS(C)(=O)=O)c5)cncc4[nH]3)c2c1. The predicted octanol–water partition coefficient (Wildman–Crippen LogP) is 4.73. The quantitative estimate of drug-likeness (QED) is 0.287. The van der Waals surface area contributed by atoms with Gasteiger partial charge in [0.15, 0.2) is 5.65 Å². The van der Waals surface area contributed by atoms with Crippen molar-refractivity contribution in [2.45, 2.75) is 13.5 Å². The van der Waals surface area contributed by atoms with Gasteiger partial charge >= 0.3 is 0 Å². The summed E-state index contributed by atoms with van der Waals surface area (Å²) in [6, 6.07) is 10.4. The van der Waals surface area contributed by atoms with E-state index in [1.165, 1.54) is 12.1 Å². The second-order valence-electron chi connectivity index (χ2n) is 9.16. The van der Waals surface area contributed by atoms with Gasteiger partial charge < -0.3 is 4.98 Å². The zero-order chi connectivity index (χ0) is 26.4. The third kappa shape index (κ3) is 4.53. The number of aromatic nitrogens is 6. The van der Waals surface area contributed by atoms with Crippen LogP contribution in [0.3, 0.4) is 0 Å². The second-order valence-corrected chi connectivity index (χ2v) is 11.0. The lowest BCUT2D eigenvalue weighted by atomic mass is 10.0. The largest absolute Gasteiger partial charge is 0.352 e. The molecule has 0 amide bonds. The molecular formula is C27H22FN7O2S. The number of hydrogen-bond donors (Lipinski definition) is 3. The lowest BCUT2D eigenvalue weighted by Crippen LogP contribution is -2.21. The first-order valence-corrected chi connectivity index (χ1v) is 13.6. The van der Waals surface area contributed by atoms with Gasteiger partial charge in [-0.15, -0.1) is 0 Å². The molecule has 0 radical (unpaired) electrons. The van der Waals surface area contributed by atoms with E-state index in [0.29, 0.717) is 22.3 Å². The van der Waals surface area contributed by atoms with Crippen molar-refractivity contribution in [3.05, 3.63) is 84.3 Å². The molecular weight excluding hydrogens is 505 g/mol. The van der Waals surface area contributed by atoms with E-state index in [1.807, 2.05) is 31.3 Å². The third-order valence-electron chi connectivity index (χ3n) is 6.38. The fourth-order valence-electron chi connectivity index (χ4n) is 4.56. The van der Waals surface area contributed by atoms with E-state index in [0.717, 1.165) is 50.6 Å². The molecule has 0 spiro atoms. The van der Waals surface area contributed by atoms with Crippen LogP contribution in [0, 0.1) is 12.7 Å². The van der Waals surface area contributed by atoms with E-state index >= 15 is 0 Å². The van der Waals surface area contributed by atoms with Gasteiger partial charge in [0, 0.05) is 58.8 Å². The number of hydrogen-bond acceptors (Lipinski definition) is 6. The van der Waals surface area contributed by atoms with Crippen LogP contribution in [0.5, 0.6) is 0 Å². The average molecular weight is 528 g/mol. The Hall–Kier alpha value is -4.48. The summed E-state index contributed by atoms with van der Waals surface area (Å²) in [6.07, 6.45) is 9.79. The summed E-state index contributed by atoms with van der Waals surface area (Å²) in [6.45, 7) is 2.01. The Morgan fingerprint density at radius 1 is 0.947 bits per heavy atom. The molecule has 11 heteroatoms. The summed E-state index contributed by atoms with van der Waals surface area (Å²) in [5, 5.41) is 9.13. The van der Waals surface area contributed by atoms with Crippen molar-refractivity contribution in [1.82, 2.24) is 34.9 Å². The number of aromatic amines is 2. The fraction of sp³-hybridized carbons (Fsp3) is 0.111. The van der Waals surface area contributed by atoms with Crippen LogP contribution in [0.15, 0.2) is 67.4 Å². The summed E-state index contributed by atoms with van der Waals surface area (Å²) in [5.74, 6) is -0.468. The molecule has 5 aromatic heterocycles. The first-order chi connectivity index (χ1) is 18.2. The van der Waals surface area contributed by atoms with Crippen molar-refractivity contribution in [3.8, 4) is 33.6 Å². The molecule has 0 fully saturated rings. The summed E-state index contributed by atoms with van der Waals surface area (Å²) in [7, 11) is -3.42. The van der Waals surface area contributed by atoms with Crippen LogP contribution in [0.4, 0.5) is 4.39 Å². The smallest absolute Gasteiger partial charge is 0.209 e. The van der Waals surface area contributed by atoms with E-state index in [1.54, 1.807) is 30.9 Å². The Morgan fingerprint density at radius 3 is 2.61 bits per heavy atom. The van der Waals surface area contributed by atoms with Gasteiger partial charge in [0.25, 0.3) is 0 Å². The van der Waals surface area contributed by atoms with Crippen molar-refractivity contribution in [2.24, 2.45) is 0 Å². The zero-order valence-electron chi connectivity index (χ0n) is 20.4. The summed E-state index contributed by atoms with van der Waals surface area (Å²) < 4.78 is 39.9. The lowest BCUT2D eigenvalue weighted by Gasteiger charge is -2.08. The minimum Gasteiger partial charge on any atom is -0.352 e. The van der Waals surface area contributed by atoms with E-state index < -0.39 is 15.8 Å². The van der Waals surface area contributed by atoms with E-state index in [2.05, 4.69) is 34.9 Å². The molecule has 190 valence electrons. The Labute approximate surface area is 217 Å². The Morgan fingerprint density at radius 2 is 1.79 bits per heavy atom. The number of benzene rings is 1. The van der Waals surface area contributed by atoms with Gasteiger partial charge in [-0.05, 0) is 60.0 Å².